The van der Waals surface area contributed by atoms with Crippen molar-refractivity contribution in [2.45, 2.75) is 64.8 Å². The number of rotatable bonds is 32. The van der Waals surface area contributed by atoms with Crippen LogP contribution in [0.3, 0.4) is 0 Å². The van der Waals surface area contributed by atoms with Crippen molar-refractivity contribution in [2.75, 3.05) is 113 Å². The lowest BCUT2D eigenvalue weighted by Crippen LogP contribution is -2.47. The molecular formula is C34H62N2O12Si. The van der Waals surface area contributed by atoms with E-state index in [0.717, 1.165) is 0 Å². The summed E-state index contributed by atoms with van der Waals surface area (Å²) in [4.78, 5) is 24.0. The van der Waals surface area contributed by atoms with Gasteiger partial charge in [-0.25, -0.2) is 0 Å². The van der Waals surface area contributed by atoms with Gasteiger partial charge in [-0.1, -0.05) is 41.5 Å². The first-order chi connectivity index (χ1) is 23.6. The molecule has 1 N–H and O–H groups in total. The number of nitro benzene ring substituents is 1. The van der Waals surface area contributed by atoms with Crippen molar-refractivity contribution in [3.05, 3.63) is 39.4 Å². The predicted molar refractivity (Wildman–Crippen MR) is 189 cm³/mol. The number of nitrogens with zero attached hydrogens (tertiary/aromatic N) is 1. The van der Waals surface area contributed by atoms with Crippen molar-refractivity contribution in [1.29, 1.82) is 0 Å². The highest BCUT2D eigenvalue weighted by atomic mass is 28.4. The standard InChI is InChI=1S/C34H62N2O12Si/c1-28(2)49(29(3)4,30(5)6)48-27-31-8-9-32(36(38)39)26-33(31)34(37)35-10-11-41-14-15-43-18-19-45-22-23-47-25-24-46-21-20-44-17-16-42-13-12-40-7/h8-9,26,28-30H,10-25,27H2,1-7H3,(H,35,37). The lowest BCUT2D eigenvalue weighted by Gasteiger charge is -2.42. The van der Waals surface area contributed by atoms with Gasteiger partial charge in [0.2, 0.25) is 8.32 Å². The van der Waals surface area contributed by atoms with Gasteiger partial charge >= 0.3 is 0 Å². The molecule has 1 aromatic carbocycles. The van der Waals surface area contributed by atoms with Crippen LogP contribution in [0, 0.1) is 10.1 Å². The van der Waals surface area contributed by atoms with Crippen LogP contribution in [0.5, 0.6) is 0 Å². The number of hydrogen-bond acceptors (Lipinski definition) is 12. The first-order valence-corrected chi connectivity index (χ1v) is 19.4. The Balaban J connectivity index is 2.18. The van der Waals surface area contributed by atoms with Gasteiger partial charge in [-0.05, 0) is 28.3 Å². The minimum absolute atomic E-state index is 0.141. The highest BCUT2D eigenvalue weighted by Gasteiger charge is 2.45. The normalized spacial score (nSPS) is 12.0. The van der Waals surface area contributed by atoms with E-state index in [9.17, 15) is 14.9 Å². The Morgan fingerprint density at radius 2 is 1.06 bits per heavy atom. The number of non-ortho nitro benzene ring substituents is 1. The van der Waals surface area contributed by atoms with Crippen LogP contribution < -0.4 is 5.32 Å². The molecule has 1 aromatic rings. The highest BCUT2D eigenvalue weighted by molar-refractivity contribution is 6.77. The topological polar surface area (TPSA) is 155 Å². The minimum atomic E-state index is -2.20. The predicted octanol–water partition coefficient (Wildman–Crippen LogP) is 4.78. The molecule has 0 heterocycles. The molecule has 0 bridgehead atoms. The van der Waals surface area contributed by atoms with E-state index in [2.05, 4.69) is 46.9 Å². The average molecular weight is 719 g/mol. The van der Waals surface area contributed by atoms with Crippen LogP contribution in [0.25, 0.3) is 0 Å². The fourth-order valence-electron chi connectivity index (χ4n) is 5.61. The summed E-state index contributed by atoms with van der Waals surface area (Å²) in [5, 5.41) is 14.2. The van der Waals surface area contributed by atoms with Crippen molar-refractivity contribution in [1.82, 2.24) is 5.32 Å². The van der Waals surface area contributed by atoms with Gasteiger partial charge < -0.3 is 47.6 Å². The number of methoxy groups -OCH3 is 1. The van der Waals surface area contributed by atoms with Crippen LogP contribution in [0.2, 0.25) is 16.6 Å². The summed E-state index contributed by atoms with van der Waals surface area (Å²) in [6.45, 7) is 20.6. The van der Waals surface area contributed by atoms with E-state index in [4.69, 9.17) is 42.3 Å². The zero-order chi connectivity index (χ0) is 36.3. The number of nitrogens with one attached hydrogen (secondary N) is 1. The van der Waals surface area contributed by atoms with Crippen LogP contribution in [0.1, 0.15) is 57.5 Å². The van der Waals surface area contributed by atoms with Crippen molar-refractivity contribution in [3.8, 4) is 0 Å². The van der Waals surface area contributed by atoms with Crippen LogP contribution in [-0.2, 0) is 48.9 Å². The summed E-state index contributed by atoms with van der Waals surface area (Å²) in [6.07, 6.45) is 0. The largest absolute Gasteiger partial charge is 0.412 e. The van der Waals surface area contributed by atoms with Gasteiger partial charge in [0.05, 0.1) is 116 Å². The SMILES string of the molecule is COCCOCCOCCOCCOCCOCCOCCOCCNC(=O)c1cc([N+](=O)[O-])ccc1CO[Si](C(C)C)(C(C)C)C(C)C. The van der Waals surface area contributed by atoms with Crippen LogP contribution >= 0.6 is 0 Å². The molecule has 1 amide bonds. The second kappa shape index (κ2) is 27.6. The second-order valence-electron chi connectivity index (χ2n) is 12.2. The molecule has 0 aliphatic heterocycles. The lowest BCUT2D eigenvalue weighted by molar-refractivity contribution is -0.384. The Morgan fingerprint density at radius 3 is 1.43 bits per heavy atom. The summed E-state index contributed by atoms with van der Waals surface area (Å²) < 4.78 is 49.7. The third kappa shape index (κ3) is 18.7. The third-order valence-electron chi connectivity index (χ3n) is 7.93. The number of nitro groups is 1. The van der Waals surface area contributed by atoms with Crippen LogP contribution in [0.4, 0.5) is 5.69 Å². The van der Waals surface area contributed by atoms with Crippen LogP contribution in [-0.4, -0.2) is 132 Å². The number of carbonyl (C=O) groups is 1. The Hall–Kier alpha value is -2.05. The van der Waals surface area contributed by atoms with Gasteiger partial charge in [-0.3, -0.25) is 14.9 Å². The zero-order valence-electron chi connectivity index (χ0n) is 30.8. The smallest absolute Gasteiger partial charge is 0.270 e. The Kier molecular flexibility index (Phi) is 25.4. The Morgan fingerprint density at radius 1 is 0.673 bits per heavy atom. The molecule has 0 spiro atoms. The van der Waals surface area contributed by atoms with Crippen molar-refractivity contribution >= 4 is 19.9 Å². The molecule has 0 atom stereocenters. The summed E-state index contributed by atoms with van der Waals surface area (Å²) in [6, 6.07) is 4.36. The average Bonchev–Trinajstić information content (AvgIpc) is 3.06. The summed E-state index contributed by atoms with van der Waals surface area (Å²) in [7, 11) is -0.563. The maximum Gasteiger partial charge on any atom is 0.270 e. The molecule has 284 valence electrons. The maximum atomic E-state index is 13.1. The van der Waals surface area contributed by atoms with Gasteiger partial charge in [-0.2, -0.15) is 0 Å². The molecule has 0 aromatic heterocycles. The van der Waals surface area contributed by atoms with Gasteiger partial charge in [0.25, 0.3) is 11.6 Å². The van der Waals surface area contributed by atoms with E-state index in [0.29, 0.717) is 115 Å². The number of benzene rings is 1. The minimum Gasteiger partial charge on any atom is -0.412 e. The number of ether oxygens (including phenoxy) is 8. The zero-order valence-corrected chi connectivity index (χ0v) is 31.8. The molecule has 0 unspecified atom stereocenters. The second-order valence-corrected chi connectivity index (χ2v) is 17.7. The molecule has 0 aliphatic carbocycles. The quantitative estimate of drug-likeness (QED) is 0.0472. The summed E-state index contributed by atoms with van der Waals surface area (Å²) in [5.41, 5.74) is 1.84. The monoisotopic (exact) mass is 718 g/mol. The number of hydrogen-bond donors (Lipinski definition) is 1. The van der Waals surface area contributed by atoms with Crippen LogP contribution in [0.15, 0.2) is 18.2 Å². The Labute approximate surface area is 294 Å². The molecule has 0 saturated carbocycles. The first kappa shape index (κ1) is 45.0. The van der Waals surface area contributed by atoms with Gasteiger partial charge in [0.1, 0.15) is 0 Å². The van der Waals surface area contributed by atoms with E-state index in [1.165, 1.54) is 12.1 Å². The number of carbonyl (C=O) groups excluding carboxylic acids is 1. The molecule has 1 rings (SSSR count). The van der Waals surface area contributed by atoms with E-state index in [1.807, 2.05) is 0 Å². The first-order valence-electron chi connectivity index (χ1n) is 17.3. The van der Waals surface area contributed by atoms with Gasteiger partial charge in [-0.15, -0.1) is 0 Å². The lowest BCUT2D eigenvalue weighted by atomic mass is 10.1. The fraction of sp³-hybridized carbons (Fsp3) is 0.794. The number of amides is 1. The molecule has 0 fully saturated rings. The third-order valence-corrected chi connectivity index (χ3v) is 14.0. The van der Waals surface area contributed by atoms with Crippen molar-refractivity contribution in [2.24, 2.45) is 0 Å². The fourth-order valence-corrected chi connectivity index (χ4v) is 11.0. The van der Waals surface area contributed by atoms with Crippen molar-refractivity contribution < 1.29 is 52.0 Å². The van der Waals surface area contributed by atoms with Gasteiger partial charge in [0, 0.05) is 25.8 Å². The molecule has 0 aliphatic rings. The summed E-state index contributed by atoms with van der Waals surface area (Å²) >= 11 is 0. The summed E-state index contributed by atoms with van der Waals surface area (Å²) in [5.74, 6) is -0.400. The molecule has 49 heavy (non-hydrogen) atoms. The van der Waals surface area contributed by atoms with E-state index < -0.39 is 19.1 Å². The molecular weight excluding hydrogens is 656 g/mol. The molecule has 14 nitrogen and oxygen atoms in total. The van der Waals surface area contributed by atoms with E-state index in [1.54, 1.807) is 13.2 Å². The molecule has 0 saturated heterocycles. The van der Waals surface area contributed by atoms with Gasteiger partial charge in [0.15, 0.2) is 0 Å². The Bertz CT molecular complexity index is 994. The molecule has 0 radical (unpaired) electrons. The van der Waals surface area contributed by atoms with E-state index in [-0.39, 0.29) is 31.0 Å². The van der Waals surface area contributed by atoms with Crippen molar-refractivity contribution in [3.63, 3.8) is 0 Å². The molecule has 15 heteroatoms. The van der Waals surface area contributed by atoms with E-state index >= 15 is 0 Å². The highest BCUT2D eigenvalue weighted by Crippen LogP contribution is 2.43. The maximum absolute atomic E-state index is 13.1.